The summed E-state index contributed by atoms with van der Waals surface area (Å²) in [5.41, 5.74) is 2.29. The SMILES string of the molecule is CC1=C(C(=O)OC(C)C)[C@H](c2cccc3ccccc23)NC(=S)N1. The Labute approximate surface area is 146 Å². The van der Waals surface area contributed by atoms with Crippen LogP contribution in [0.5, 0.6) is 0 Å². The molecule has 24 heavy (non-hydrogen) atoms. The second-order valence-corrected chi connectivity index (χ2v) is 6.50. The molecule has 0 unspecified atom stereocenters. The lowest BCUT2D eigenvalue weighted by atomic mass is 9.91. The number of hydrogen-bond acceptors (Lipinski definition) is 3. The topological polar surface area (TPSA) is 50.4 Å². The smallest absolute Gasteiger partial charge is 0.338 e. The zero-order valence-corrected chi connectivity index (χ0v) is 14.7. The number of esters is 1. The Morgan fingerprint density at radius 2 is 1.88 bits per heavy atom. The highest BCUT2D eigenvalue weighted by Crippen LogP contribution is 2.32. The van der Waals surface area contributed by atoms with Gasteiger partial charge in [-0.3, -0.25) is 0 Å². The lowest BCUT2D eigenvalue weighted by Crippen LogP contribution is -2.45. The van der Waals surface area contributed by atoms with Crippen LogP contribution in [0.15, 0.2) is 53.7 Å². The summed E-state index contributed by atoms with van der Waals surface area (Å²) in [7, 11) is 0. The summed E-state index contributed by atoms with van der Waals surface area (Å²) in [6.07, 6.45) is -0.181. The third-order valence-corrected chi connectivity index (χ3v) is 4.19. The average Bonchev–Trinajstić information content (AvgIpc) is 2.52. The van der Waals surface area contributed by atoms with E-state index in [0.717, 1.165) is 22.0 Å². The van der Waals surface area contributed by atoms with Gasteiger partial charge in [0.2, 0.25) is 0 Å². The summed E-state index contributed by atoms with van der Waals surface area (Å²) in [4.78, 5) is 12.6. The highest BCUT2D eigenvalue weighted by Gasteiger charge is 2.32. The first-order valence-corrected chi connectivity index (χ1v) is 8.35. The molecule has 2 aromatic rings. The Balaban J connectivity index is 2.13. The fourth-order valence-corrected chi connectivity index (χ4v) is 3.25. The summed E-state index contributed by atoms with van der Waals surface area (Å²) in [6, 6.07) is 13.8. The van der Waals surface area contributed by atoms with Crippen molar-refractivity contribution in [3.63, 3.8) is 0 Å². The van der Waals surface area contributed by atoms with Crippen molar-refractivity contribution in [3.05, 3.63) is 59.3 Å². The van der Waals surface area contributed by atoms with Crippen molar-refractivity contribution in [2.24, 2.45) is 0 Å². The van der Waals surface area contributed by atoms with Gasteiger partial charge in [-0.15, -0.1) is 0 Å². The van der Waals surface area contributed by atoms with Gasteiger partial charge >= 0.3 is 5.97 Å². The van der Waals surface area contributed by atoms with E-state index >= 15 is 0 Å². The van der Waals surface area contributed by atoms with Crippen molar-refractivity contribution in [1.29, 1.82) is 0 Å². The number of carbonyl (C=O) groups is 1. The van der Waals surface area contributed by atoms with Crippen LogP contribution in [0.25, 0.3) is 10.8 Å². The van der Waals surface area contributed by atoms with Gasteiger partial charge in [0, 0.05) is 5.70 Å². The zero-order chi connectivity index (χ0) is 17.3. The second kappa shape index (κ2) is 6.61. The molecule has 0 aromatic heterocycles. The zero-order valence-electron chi connectivity index (χ0n) is 13.9. The molecule has 0 saturated heterocycles. The van der Waals surface area contributed by atoms with Crippen LogP contribution in [-0.2, 0) is 9.53 Å². The van der Waals surface area contributed by atoms with Gasteiger partial charge in [-0.05, 0) is 49.3 Å². The van der Waals surface area contributed by atoms with Gasteiger partial charge in [0.05, 0.1) is 17.7 Å². The normalized spacial score (nSPS) is 17.7. The molecule has 0 bridgehead atoms. The van der Waals surface area contributed by atoms with Crippen molar-refractivity contribution in [1.82, 2.24) is 10.6 Å². The molecule has 0 spiro atoms. The molecule has 1 aliphatic heterocycles. The molecule has 5 heteroatoms. The number of ether oxygens (including phenoxy) is 1. The molecule has 0 fully saturated rings. The molecule has 1 aliphatic rings. The summed E-state index contributed by atoms with van der Waals surface area (Å²) < 4.78 is 5.44. The first kappa shape index (κ1) is 16.5. The monoisotopic (exact) mass is 340 g/mol. The molecule has 1 heterocycles. The molecule has 0 aliphatic carbocycles. The fraction of sp³-hybridized carbons (Fsp3) is 0.263. The predicted molar refractivity (Wildman–Crippen MR) is 99.5 cm³/mol. The van der Waals surface area contributed by atoms with Crippen LogP contribution in [0.4, 0.5) is 0 Å². The van der Waals surface area contributed by atoms with Gasteiger partial charge < -0.3 is 15.4 Å². The molecular weight excluding hydrogens is 320 g/mol. The Hall–Kier alpha value is -2.40. The third-order valence-electron chi connectivity index (χ3n) is 3.97. The van der Waals surface area contributed by atoms with E-state index in [2.05, 4.69) is 28.8 Å². The Morgan fingerprint density at radius 3 is 2.62 bits per heavy atom. The number of benzene rings is 2. The average molecular weight is 340 g/mol. The van der Waals surface area contributed by atoms with Crippen LogP contribution in [0.1, 0.15) is 32.4 Å². The van der Waals surface area contributed by atoms with Crippen LogP contribution in [0, 0.1) is 0 Å². The van der Waals surface area contributed by atoms with Gasteiger partial charge in [0.15, 0.2) is 5.11 Å². The maximum Gasteiger partial charge on any atom is 0.338 e. The molecule has 4 nitrogen and oxygen atoms in total. The quantitative estimate of drug-likeness (QED) is 0.661. The number of nitrogens with one attached hydrogen (secondary N) is 2. The summed E-state index contributed by atoms with van der Waals surface area (Å²) in [5.74, 6) is -0.331. The lowest BCUT2D eigenvalue weighted by molar-refractivity contribution is -0.143. The van der Waals surface area contributed by atoms with Crippen molar-refractivity contribution in [2.75, 3.05) is 0 Å². The van der Waals surface area contributed by atoms with E-state index < -0.39 is 0 Å². The minimum absolute atomic E-state index is 0.181. The first-order valence-electron chi connectivity index (χ1n) is 7.94. The number of rotatable bonds is 3. The van der Waals surface area contributed by atoms with E-state index in [-0.39, 0.29) is 18.1 Å². The highest BCUT2D eigenvalue weighted by molar-refractivity contribution is 7.80. The maximum atomic E-state index is 12.6. The van der Waals surface area contributed by atoms with Gasteiger partial charge in [-0.1, -0.05) is 42.5 Å². The van der Waals surface area contributed by atoms with E-state index in [0.29, 0.717) is 10.7 Å². The number of hydrogen-bond donors (Lipinski definition) is 2. The number of carbonyl (C=O) groups excluding carboxylic acids is 1. The highest BCUT2D eigenvalue weighted by atomic mass is 32.1. The molecule has 0 saturated carbocycles. The van der Waals surface area contributed by atoms with E-state index in [9.17, 15) is 4.79 Å². The molecule has 3 rings (SSSR count). The second-order valence-electron chi connectivity index (χ2n) is 6.09. The molecule has 0 amide bonds. The standard InChI is InChI=1S/C19H20N2O2S/c1-11(2)23-18(22)16-12(3)20-19(24)21-17(16)15-10-6-8-13-7-4-5-9-14(13)15/h4-11,17H,1-3H3,(H2,20,21,24)/t17-/m0/s1. The van der Waals surface area contributed by atoms with Crippen LogP contribution >= 0.6 is 12.2 Å². The fourth-order valence-electron chi connectivity index (χ4n) is 2.98. The molecule has 2 N–H and O–H groups in total. The molecule has 124 valence electrons. The summed E-state index contributed by atoms with van der Waals surface area (Å²) in [6.45, 7) is 5.53. The van der Waals surface area contributed by atoms with Crippen molar-refractivity contribution < 1.29 is 9.53 Å². The van der Waals surface area contributed by atoms with Gasteiger partial charge in [-0.2, -0.15) is 0 Å². The van der Waals surface area contributed by atoms with Crippen molar-refractivity contribution in [3.8, 4) is 0 Å². The minimum atomic E-state index is -0.337. The van der Waals surface area contributed by atoms with Gasteiger partial charge in [0.1, 0.15) is 0 Å². The number of thiocarbonyl (C=S) groups is 1. The maximum absolute atomic E-state index is 12.6. The number of allylic oxidation sites excluding steroid dienone is 1. The Morgan fingerprint density at radius 1 is 1.17 bits per heavy atom. The molecule has 1 atom stereocenters. The van der Waals surface area contributed by atoms with E-state index in [1.165, 1.54) is 0 Å². The summed E-state index contributed by atoms with van der Waals surface area (Å²) in [5, 5.41) is 8.97. The van der Waals surface area contributed by atoms with E-state index in [4.69, 9.17) is 17.0 Å². The van der Waals surface area contributed by atoms with Crippen LogP contribution in [-0.4, -0.2) is 17.2 Å². The predicted octanol–water partition coefficient (Wildman–Crippen LogP) is 3.58. The van der Waals surface area contributed by atoms with Crippen LogP contribution in [0.2, 0.25) is 0 Å². The van der Waals surface area contributed by atoms with Crippen molar-refractivity contribution >= 4 is 34.1 Å². The Kier molecular flexibility index (Phi) is 4.53. The van der Waals surface area contributed by atoms with Gasteiger partial charge in [-0.25, -0.2) is 4.79 Å². The first-order chi connectivity index (χ1) is 11.5. The molecular formula is C19H20N2O2S. The Bertz CT molecular complexity index is 837. The largest absolute Gasteiger partial charge is 0.459 e. The lowest BCUT2D eigenvalue weighted by Gasteiger charge is -2.31. The number of fused-ring (bicyclic) bond motifs is 1. The third kappa shape index (κ3) is 3.12. The summed E-state index contributed by atoms with van der Waals surface area (Å²) >= 11 is 5.30. The minimum Gasteiger partial charge on any atom is -0.459 e. The van der Waals surface area contributed by atoms with Crippen LogP contribution < -0.4 is 10.6 Å². The van der Waals surface area contributed by atoms with Crippen molar-refractivity contribution in [2.45, 2.75) is 32.9 Å². The van der Waals surface area contributed by atoms with Gasteiger partial charge in [0.25, 0.3) is 0 Å². The van der Waals surface area contributed by atoms with Crippen LogP contribution in [0.3, 0.4) is 0 Å². The molecule has 2 aromatic carbocycles. The molecule has 0 radical (unpaired) electrons. The van der Waals surface area contributed by atoms with E-state index in [1.54, 1.807) is 0 Å². The van der Waals surface area contributed by atoms with E-state index in [1.807, 2.05) is 45.0 Å².